The highest BCUT2D eigenvalue weighted by molar-refractivity contribution is 7.05. The normalized spacial score (nSPS) is 13.2. The lowest BCUT2D eigenvalue weighted by Crippen LogP contribution is -2.28. The van der Waals surface area contributed by atoms with E-state index in [1.165, 1.54) is 18.0 Å². The molecule has 0 aliphatic rings. The van der Waals surface area contributed by atoms with Gasteiger partial charge in [-0.15, -0.1) is 0 Å². The molecule has 3 nitrogen and oxygen atoms in total. The van der Waals surface area contributed by atoms with Gasteiger partial charge in [-0.25, -0.2) is 4.98 Å². The third-order valence-corrected chi connectivity index (χ3v) is 2.62. The number of aromatic nitrogens is 2. The molecule has 0 spiro atoms. The van der Waals surface area contributed by atoms with Crippen LogP contribution in [0.2, 0.25) is 0 Å². The van der Waals surface area contributed by atoms with E-state index in [2.05, 4.69) is 28.5 Å². The Morgan fingerprint density at radius 1 is 1.54 bits per heavy atom. The van der Waals surface area contributed by atoms with Crippen LogP contribution in [0.25, 0.3) is 0 Å². The van der Waals surface area contributed by atoms with Gasteiger partial charge >= 0.3 is 0 Å². The first-order valence-electron chi connectivity index (χ1n) is 4.75. The molecule has 74 valence electrons. The van der Waals surface area contributed by atoms with Gasteiger partial charge in [-0.3, -0.25) is 0 Å². The van der Waals surface area contributed by atoms with Crippen LogP contribution in [0.1, 0.15) is 31.1 Å². The Morgan fingerprint density at radius 2 is 2.31 bits per heavy atom. The summed E-state index contributed by atoms with van der Waals surface area (Å²) in [6.45, 7) is 7.38. The molecule has 1 aromatic rings. The Balaban J connectivity index is 2.31. The number of rotatable bonds is 5. The highest BCUT2D eigenvalue weighted by Crippen LogP contribution is 2.06. The largest absolute Gasteiger partial charge is 0.314 e. The van der Waals surface area contributed by atoms with Gasteiger partial charge in [0.15, 0.2) is 0 Å². The van der Waals surface area contributed by atoms with Gasteiger partial charge < -0.3 is 5.32 Å². The molecule has 1 heterocycles. The van der Waals surface area contributed by atoms with E-state index in [9.17, 15) is 0 Å². The van der Waals surface area contributed by atoms with Crippen LogP contribution < -0.4 is 5.32 Å². The minimum Gasteiger partial charge on any atom is -0.314 e. The zero-order valence-electron chi connectivity index (χ0n) is 8.50. The van der Waals surface area contributed by atoms with Crippen LogP contribution in [0.4, 0.5) is 0 Å². The summed E-state index contributed by atoms with van der Waals surface area (Å²) < 4.78 is 4.15. The molecule has 0 fully saturated rings. The van der Waals surface area contributed by atoms with Gasteiger partial charge in [0.2, 0.25) is 0 Å². The molecule has 0 bridgehead atoms. The minimum atomic E-state index is 0.507. The zero-order valence-corrected chi connectivity index (χ0v) is 9.32. The van der Waals surface area contributed by atoms with Gasteiger partial charge in [0.25, 0.3) is 0 Å². The van der Waals surface area contributed by atoms with E-state index in [-0.39, 0.29) is 0 Å². The SMILES string of the molecule is CCCNC(C)Cc1nc(C)ns1. The number of nitrogens with one attached hydrogen (secondary N) is 1. The van der Waals surface area contributed by atoms with Crippen LogP contribution in [0.5, 0.6) is 0 Å². The summed E-state index contributed by atoms with van der Waals surface area (Å²) in [4.78, 5) is 4.33. The van der Waals surface area contributed by atoms with Crippen molar-refractivity contribution in [3.63, 3.8) is 0 Å². The first-order chi connectivity index (χ1) is 6.22. The van der Waals surface area contributed by atoms with Crippen molar-refractivity contribution in [3.8, 4) is 0 Å². The van der Waals surface area contributed by atoms with Crippen molar-refractivity contribution in [1.29, 1.82) is 0 Å². The summed E-state index contributed by atoms with van der Waals surface area (Å²) >= 11 is 1.51. The Labute approximate surface area is 83.8 Å². The van der Waals surface area contributed by atoms with E-state index in [0.29, 0.717) is 6.04 Å². The quantitative estimate of drug-likeness (QED) is 0.785. The summed E-state index contributed by atoms with van der Waals surface area (Å²) in [6.07, 6.45) is 2.17. The van der Waals surface area contributed by atoms with Crippen molar-refractivity contribution >= 4 is 11.5 Å². The van der Waals surface area contributed by atoms with Crippen molar-refractivity contribution in [2.45, 2.75) is 39.7 Å². The van der Waals surface area contributed by atoms with Crippen LogP contribution in [0.15, 0.2) is 0 Å². The highest BCUT2D eigenvalue weighted by atomic mass is 32.1. The van der Waals surface area contributed by atoms with Gasteiger partial charge in [-0.1, -0.05) is 6.92 Å². The molecule has 0 amide bonds. The lowest BCUT2D eigenvalue weighted by molar-refractivity contribution is 0.542. The molecule has 0 aliphatic carbocycles. The van der Waals surface area contributed by atoms with Crippen molar-refractivity contribution in [2.75, 3.05) is 6.54 Å². The average molecular weight is 199 g/mol. The van der Waals surface area contributed by atoms with Crippen molar-refractivity contribution in [3.05, 3.63) is 10.8 Å². The summed E-state index contributed by atoms with van der Waals surface area (Å²) in [7, 11) is 0. The zero-order chi connectivity index (χ0) is 9.68. The molecule has 1 N–H and O–H groups in total. The lowest BCUT2D eigenvalue weighted by Gasteiger charge is -2.10. The topological polar surface area (TPSA) is 37.8 Å². The molecule has 1 rings (SSSR count). The first-order valence-corrected chi connectivity index (χ1v) is 5.52. The predicted octanol–water partition coefficient (Wildman–Crippen LogP) is 1.78. The summed E-state index contributed by atoms with van der Waals surface area (Å²) in [5.41, 5.74) is 0. The van der Waals surface area contributed by atoms with E-state index >= 15 is 0 Å². The first kappa shape index (κ1) is 10.6. The smallest absolute Gasteiger partial charge is 0.139 e. The van der Waals surface area contributed by atoms with E-state index in [1.807, 2.05) is 6.92 Å². The molecule has 0 aromatic carbocycles. The molecule has 0 aliphatic heterocycles. The van der Waals surface area contributed by atoms with Gasteiger partial charge in [-0.05, 0) is 38.3 Å². The van der Waals surface area contributed by atoms with Gasteiger partial charge in [0, 0.05) is 12.5 Å². The summed E-state index contributed by atoms with van der Waals surface area (Å²) in [6, 6.07) is 0.507. The van der Waals surface area contributed by atoms with E-state index in [4.69, 9.17) is 0 Å². The molecule has 4 heteroatoms. The Kier molecular flexibility index (Phi) is 4.32. The van der Waals surface area contributed by atoms with Gasteiger partial charge in [0.05, 0.1) is 0 Å². The monoisotopic (exact) mass is 199 g/mol. The molecule has 0 saturated heterocycles. The van der Waals surface area contributed by atoms with Gasteiger partial charge in [0.1, 0.15) is 10.8 Å². The molecule has 1 aromatic heterocycles. The van der Waals surface area contributed by atoms with Crippen LogP contribution in [-0.2, 0) is 6.42 Å². The molecular weight excluding hydrogens is 182 g/mol. The van der Waals surface area contributed by atoms with Crippen molar-refractivity contribution in [1.82, 2.24) is 14.7 Å². The second-order valence-corrected chi connectivity index (χ2v) is 4.13. The lowest BCUT2D eigenvalue weighted by atomic mass is 10.2. The van der Waals surface area contributed by atoms with Crippen LogP contribution in [0, 0.1) is 6.92 Å². The maximum absolute atomic E-state index is 4.33. The molecule has 1 atom stereocenters. The number of hydrogen-bond acceptors (Lipinski definition) is 4. The standard InChI is InChI=1S/C9H17N3S/c1-4-5-10-7(2)6-9-11-8(3)12-13-9/h7,10H,4-6H2,1-3H3. The summed E-state index contributed by atoms with van der Waals surface area (Å²) in [5.74, 6) is 0.891. The minimum absolute atomic E-state index is 0.507. The third-order valence-electron chi connectivity index (χ3n) is 1.79. The fourth-order valence-corrected chi connectivity index (χ4v) is 1.92. The summed E-state index contributed by atoms with van der Waals surface area (Å²) in [5, 5.41) is 4.56. The van der Waals surface area contributed by atoms with E-state index < -0.39 is 0 Å². The van der Waals surface area contributed by atoms with Crippen molar-refractivity contribution in [2.24, 2.45) is 0 Å². The van der Waals surface area contributed by atoms with Crippen molar-refractivity contribution < 1.29 is 0 Å². The Hall–Kier alpha value is -0.480. The third kappa shape index (κ3) is 3.83. The number of hydrogen-bond donors (Lipinski definition) is 1. The Bertz CT molecular complexity index is 247. The highest BCUT2D eigenvalue weighted by Gasteiger charge is 2.05. The number of nitrogens with zero attached hydrogens (tertiary/aromatic N) is 2. The second kappa shape index (κ2) is 5.29. The van der Waals surface area contributed by atoms with E-state index in [1.54, 1.807) is 0 Å². The Morgan fingerprint density at radius 3 is 2.85 bits per heavy atom. The molecule has 1 unspecified atom stereocenters. The maximum Gasteiger partial charge on any atom is 0.139 e. The maximum atomic E-state index is 4.33. The molecule has 0 radical (unpaired) electrons. The van der Waals surface area contributed by atoms with Gasteiger partial charge in [-0.2, -0.15) is 4.37 Å². The van der Waals surface area contributed by atoms with Crippen LogP contribution in [-0.4, -0.2) is 21.9 Å². The second-order valence-electron chi connectivity index (χ2n) is 3.29. The fraction of sp³-hybridized carbons (Fsp3) is 0.778. The molecule has 0 saturated carbocycles. The van der Waals surface area contributed by atoms with Crippen LogP contribution >= 0.6 is 11.5 Å². The fourth-order valence-electron chi connectivity index (χ4n) is 1.15. The van der Waals surface area contributed by atoms with Crippen LogP contribution in [0.3, 0.4) is 0 Å². The molecule has 13 heavy (non-hydrogen) atoms. The average Bonchev–Trinajstić information content (AvgIpc) is 2.48. The number of aryl methyl sites for hydroxylation is 1. The predicted molar refractivity (Wildman–Crippen MR) is 56.1 cm³/mol. The van der Waals surface area contributed by atoms with E-state index in [0.717, 1.165) is 23.8 Å². The molecular formula is C9H17N3S.